The smallest absolute Gasteiger partial charge is 0.221 e. The molecule has 146 valence electrons. The van der Waals surface area contributed by atoms with Gasteiger partial charge in [0, 0.05) is 32.3 Å². The van der Waals surface area contributed by atoms with Crippen LogP contribution in [-0.2, 0) is 4.79 Å². The molecular formula is C19H31IN4O2. The van der Waals surface area contributed by atoms with E-state index in [9.17, 15) is 4.79 Å². The Labute approximate surface area is 173 Å². The normalized spacial score (nSPS) is 15.3. The number of carbonyl (C=O) groups excluding carboxylic acids is 1. The van der Waals surface area contributed by atoms with Crippen LogP contribution in [-0.4, -0.2) is 38.6 Å². The zero-order valence-corrected chi connectivity index (χ0v) is 18.3. The van der Waals surface area contributed by atoms with Crippen molar-refractivity contribution in [1.82, 2.24) is 10.6 Å². The lowest BCUT2D eigenvalue weighted by atomic mass is 9.67. The highest BCUT2D eigenvalue weighted by Gasteiger charge is 2.34. The van der Waals surface area contributed by atoms with Crippen molar-refractivity contribution in [3.05, 3.63) is 24.3 Å². The van der Waals surface area contributed by atoms with E-state index < -0.39 is 0 Å². The number of hydrogen-bond acceptors (Lipinski definition) is 3. The Morgan fingerprint density at radius 2 is 2.08 bits per heavy atom. The Hall–Kier alpha value is -1.51. The monoisotopic (exact) mass is 474 g/mol. The number of amides is 1. The summed E-state index contributed by atoms with van der Waals surface area (Å²) in [5.41, 5.74) is 1.19. The van der Waals surface area contributed by atoms with Crippen molar-refractivity contribution < 1.29 is 9.53 Å². The van der Waals surface area contributed by atoms with Gasteiger partial charge < -0.3 is 20.7 Å². The number of halogens is 1. The molecule has 0 atom stereocenters. The predicted octanol–water partition coefficient (Wildman–Crippen LogP) is 3.39. The Bertz CT molecular complexity index is 597. The highest BCUT2D eigenvalue weighted by molar-refractivity contribution is 14.0. The van der Waals surface area contributed by atoms with Gasteiger partial charge in [-0.2, -0.15) is 0 Å². The van der Waals surface area contributed by atoms with Crippen LogP contribution in [0.3, 0.4) is 0 Å². The summed E-state index contributed by atoms with van der Waals surface area (Å²) in [5, 5.41) is 9.45. The molecule has 0 radical (unpaired) electrons. The van der Waals surface area contributed by atoms with Gasteiger partial charge in [-0.05, 0) is 36.8 Å². The van der Waals surface area contributed by atoms with Gasteiger partial charge in [0.25, 0.3) is 0 Å². The minimum atomic E-state index is -0.0926. The van der Waals surface area contributed by atoms with Gasteiger partial charge >= 0.3 is 0 Å². The number of aliphatic imine (C=N–C) groups is 1. The number of benzene rings is 1. The topological polar surface area (TPSA) is 74.8 Å². The summed E-state index contributed by atoms with van der Waals surface area (Å²) in [6, 6.07) is 7.38. The van der Waals surface area contributed by atoms with Crippen molar-refractivity contribution in [1.29, 1.82) is 0 Å². The second-order valence-electron chi connectivity index (χ2n) is 6.62. The molecule has 1 amide bonds. The van der Waals surface area contributed by atoms with Crippen molar-refractivity contribution in [2.75, 3.05) is 32.1 Å². The number of carbonyl (C=O) groups is 1. The van der Waals surface area contributed by atoms with Crippen LogP contribution in [0.5, 0.6) is 5.75 Å². The first-order valence-corrected chi connectivity index (χ1v) is 9.02. The van der Waals surface area contributed by atoms with E-state index in [1.165, 1.54) is 32.6 Å². The third kappa shape index (κ3) is 7.01. The summed E-state index contributed by atoms with van der Waals surface area (Å²) < 4.78 is 5.73. The van der Waals surface area contributed by atoms with Crippen molar-refractivity contribution in [3.8, 4) is 5.75 Å². The Kier molecular flexibility index (Phi) is 9.75. The largest absolute Gasteiger partial charge is 0.492 e. The van der Waals surface area contributed by atoms with Gasteiger partial charge in [-0.3, -0.25) is 9.79 Å². The van der Waals surface area contributed by atoms with E-state index in [-0.39, 0.29) is 29.9 Å². The Morgan fingerprint density at radius 3 is 2.65 bits per heavy atom. The summed E-state index contributed by atoms with van der Waals surface area (Å²) in [7, 11) is 1.78. The molecule has 0 spiro atoms. The predicted molar refractivity (Wildman–Crippen MR) is 118 cm³/mol. The Balaban J connectivity index is 0.00000338. The highest BCUT2D eigenvalue weighted by Crippen LogP contribution is 2.42. The lowest BCUT2D eigenvalue weighted by molar-refractivity contribution is -0.114. The van der Waals surface area contributed by atoms with Crippen LogP contribution in [0.2, 0.25) is 0 Å². The van der Waals surface area contributed by atoms with Crippen LogP contribution in [0, 0.1) is 5.41 Å². The molecule has 0 bridgehead atoms. The summed E-state index contributed by atoms with van der Waals surface area (Å²) >= 11 is 0. The molecule has 1 fully saturated rings. The molecule has 1 aromatic rings. The van der Waals surface area contributed by atoms with Crippen molar-refractivity contribution in [3.63, 3.8) is 0 Å². The molecule has 0 saturated heterocycles. The van der Waals surface area contributed by atoms with Gasteiger partial charge in [-0.15, -0.1) is 24.0 Å². The molecule has 6 nitrogen and oxygen atoms in total. The average molecular weight is 474 g/mol. The average Bonchev–Trinajstić information content (AvgIpc) is 2.55. The van der Waals surface area contributed by atoms with Crippen LogP contribution in [0.25, 0.3) is 0 Å². The molecule has 0 heterocycles. The zero-order valence-electron chi connectivity index (χ0n) is 15.9. The van der Waals surface area contributed by atoms with E-state index in [0.717, 1.165) is 23.9 Å². The fourth-order valence-corrected chi connectivity index (χ4v) is 3.03. The van der Waals surface area contributed by atoms with Gasteiger partial charge in [0.15, 0.2) is 5.96 Å². The highest BCUT2D eigenvalue weighted by atomic mass is 127. The molecule has 0 unspecified atom stereocenters. The first-order valence-electron chi connectivity index (χ1n) is 9.02. The lowest BCUT2D eigenvalue weighted by Gasteiger charge is -2.41. The van der Waals surface area contributed by atoms with Crippen LogP contribution in [0.1, 0.15) is 39.5 Å². The minimum absolute atomic E-state index is 0. The van der Waals surface area contributed by atoms with Crippen LogP contribution < -0.4 is 20.7 Å². The zero-order chi connectivity index (χ0) is 18.1. The van der Waals surface area contributed by atoms with Crippen LogP contribution in [0.15, 0.2) is 29.3 Å². The first-order chi connectivity index (χ1) is 12.1. The third-order valence-corrected chi connectivity index (χ3v) is 4.84. The standard InChI is InChI=1S/C19H30N4O2.HI/c1-4-19(9-6-10-19)14-22-18(20-3)21-11-12-25-17-8-5-7-16(13-17)23-15(2)24;/h5,7-8,13H,4,6,9-12,14H2,1-3H3,(H,23,24)(H2,20,21,22);1H. The van der Waals surface area contributed by atoms with Gasteiger partial charge in [0.2, 0.25) is 5.91 Å². The SMILES string of the molecule is CCC1(CNC(=NC)NCCOc2cccc(NC(C)=O)c2)CCC1.I. The quantitative estimate of drug-likeness (QED) is 0.234. The van der Waals surface area contributed by atoms with E-state index in [1.807, 2.05) is 24.3 Å². The molecular weight excluding hydrogens is 443 g/mol. The minimum Gasteiger partial charge on any atom is -0.492 e. The fraction of sp³-hybridized carbons (Fsp3) is 0.579. The molecule has 3 N–H and O–H groups in total. The third-order valence-electron chi connectivity index (χ3n) is 4.84. The molecule has 0 aliphatic heterocycles. The molecule has 1 aliphatic rings. The molecule has 0 aromatic heterocycles. The maximum atomic E-state index is 11.1. The first kappa shape index (κ1) is 22.5. The van der Waals surface area contributed by atoms with E-state index in [2.05, 4.69) is 27.9 Å². The maximum Gasteiger partial charge on any atom is 0.221 e. The van der Waals surface area contributed by atoms with E-state index in [1.54, 1.807) is 7.05 Å². The van der Waals surface area contributed by atoms with Crippen molar-refractivity contribution in [2.45, 2.75) is 39.5 Å². The van der Waals surface area contributed by atoms with Crippen molar-refractivity contribution >= 4 is 41.5 Å². The molecule has 1 aliphatic carbocycles. The summed E-state index contributed by atoms with van der Waals surface area (Å²) in [5.74, 6) is 1.45. The number of nitrogens with zero attached hydrogens (tertiary/aromatic N) is 1. The van der Waals surface area contributed by atoms with E-state index in [0.29, 0.717) is 18.6 Å². The number of rotatable bonds is 8. The van der Waals surface area contributed by atoms with Crippen LogP contribution >= 0.6 is 24.0 Å². The van der Waals surface area contributed by atoms with E-state index >= 15 is 0 Å². The lowest BCUT2D eigenvalue weighted by Crippen LogP contribution is -2.46. The van der Waals surface area contributed by atoms with Gasteiger partial charge in [-0.25, -0.2) is 0 Å². The van der Waals surface area contributed by atoms with Gasteiger partial charge in [-0.1, -0.05) is 19.4 Å². The molecule has 7 heteroatoms. The number of anilines is 1. The summed E-state index contributed by atoms with van der Waals surface area (Å²) in [6.07, 6.45) is 5.17. The molecule has 1 saturated carbocycles. The van der Waals surface area contributed by atoms with Crippen molar-refractivity contribution in [2.24, 2.45) is 10.4 Å². The molecule has 26 heavy (non-hydrogen) atoms. The second kappa shape index (κ2) is 11.3. The van der Waals surface area contributed by atoms with Crippen LogP contribution in [0.4, 0.5) is 5.69 Å². The summed E-state index contributed by atoms with van der Waals surface area (Å²) in [6.45, 7) is 5.90. The Morgan fingerprint density at radius 1 is 1.31 bits per heavy atom. The number of nitrogens with one attached hydrogen (secondary N) is 3. The molecule has 2 rings (SSSR count). The summed E-state index contributed by atoms with van der Waals surface area (Å²) in [4.78, 5) is 15.4. The number of guanidine groups is 1. The second-order valence-corrected chi connectivity index (χ2v) is 6.62. The van der Waals surface area contributed by atoms with Gasteiger partial charge in [0.1, 0.15) is 12.4 Å². The number of hydrogen-bond donors (Lipinski definition) is 3. The maximum absolute atomic E-state index is 11.1. The molecule has 1 aromatic carbocycles. The van der Waals surface area contributed by atoms with E-state index in [4.69, 9.17) is 4.74 Å². The van der Waals surface area contributed by atoms with Gasteiger partial charge in [0.05, 0.1) is 6.54 Å². The number of ether oxygens (including phenoxy) is 1. The fourth-order valence-electron chi connectivity index (χ4n) is 3.03.